The summed E-state index contributed by atoms with van der Waals surface area (Å²) in [7, 11) is 1.74. The Morgan fingerprint density at radius 3 is 2.58 bits per heavy atom. The average Bonchev–Trinajstić information content (AvgIpc) is 3.11. The van der Waals surface area contributed by atoms with Gasteiger partial charge in [0.25, 0.3) is 5.91 Å². The molecule has 0 radical (unpaired) electrons. The molecule has 3 aromatic rings. The molecule has 26 heavy (non-hydrogen) atoms. The summed E-state index contributed by atoms with van der Waals surface area (Å²) >= 11 is 1.66. The van der Waals surface area contributed by atoms with E-state index in [1.54, 1.807) is 23.7 Å². The fourth-order valence-corrected chi connectivity index (χ4v) is 3.33. The Morgan fingerprint density at radius 2 is 1.85 bits per heavy atom. The van der Waals surface area contributed by atoms with E-state index in [0.717, 1.165) is 16.2 Å². The lowest BCUT2D eigenvalue weighted by molar-refractivity contribution is 0.0769. The molecule has 6 heteroatoms. The number of rotatable bonds is 6. The lowest BCUT2D eigenvalue weighted by Gasteiger charge is -2.16. The van der Waals surface area contributed by atoms with Crippen LogP contribution in [0.5, 0.6) is 0 Å². The van der Waals surface area contributed by atoms with Crippen molar-refractivity contribution in [3.8, 4) is 11.5 Å². The normalized spacial score (nSPS) is 10.7. The van der Waals surface area contributed by atoms with E-state index in [1.165, 1.54) is 5.56 Å². The molecule has 0 bridgehead atoms. The third-order valence-corrected chi connectivity index (χ3v) is 4.86. The SMILES string of the molecule is CCSc1ccccc1C(=O)N(C)Cc1nnc(-c2ccc(C)cc2)o1. The van der Waals surface area contributed by atoms with Crippen LogP contribution >= 0.6 is 11.8 Å². The third-order valence-electron chi connectivity index (χ3n) is 3.90. The standard InChI is InChI=1S/C20H21N3O2S/c1-4-26-17-8-6-5-7-16(17)20(24)23(3)13-18-21-22-19(25-18)15-11-9-14(2)10-12-15/h5-12H,4,13H2,1-3H3. The molecule has 0 spiro atoms. The molecule has 0 aliphatic rings. The Hall–Kier alpha value is -2.60. The number of aryl methyl sites for hydroxylation is 1. The Labute approximate surface area is 157 Å². The monoisotopic (exact) mass is 367 g/mol. The van der Waals surface area contributed by atoms with Crippen molar-refractivity contribution in [3.05, 3.63) is 65.5 Å². The number of thioether (sulfide) groups is 1. The van der Waals surface area contributed by atoms with Crippen molar-refractivity contribution < 1.29 is 9.21 Å². The molecule has 1 aromatic heterocycles. The summed E-state index contributed by atoms with van der Waals surface area (Å²) in [4.78, 5) is 15.4. The number of hydrogen-bond acceptors (Lipinski definition) is 5. The number of hydrogen-bond donors (Lipinski definition) is 0. The van der Waals surface area contributed by atoms with E-state index in [2.05, 4.69) is 17.1 Å². The van der Waals surface area contributed by atoms with Crippen LogP contribution in [-0.4, -0.2) is 33.8 Å². The molecule has 0 aliphatic carbocycles. The molecular weight excluding hydrogens is 346 g/mol. The second kappa shape index (κ2) is 8.19. The van der Waals surface area contributed by atoms with Gasteiger partial charge < -0.3 is 9.32 Å². The van der Waals surface area contributed by atoms with Gasteiger partial charge in [0.2, 0.25) is 11.8 Å². The molecule has 0 aliphatic heterocycles. The van der Waals surface area contributed by atoms with Crippen LogP contribution in [0.3, 0.4) is 0 Å². The van der Waals surface area contributed by atoms with Gasteiger partial charge in [-0.15, -0.1) is 22.0 Å². The van der Waals surface area contributed by atoms with Crippen LogP contribution in [0.15, 0.2) is 57.8 Å². The van der Waals surface area contributed by atoms with Gasteiger partial charge in [-0.1, -0.05) is 36.8 Å². The number of benzene rings is 2. The van der Waals surface area contributed by atoms with E-state index >= 15 is 0 Å². The van der Waals surface area contributed by atoms with Crippen molar-refractivity contribution in [2.24, 2.45) is 0 Å². The fourth-order valence-electron chi connectivity index (χ4n) is 2.54. The molecule has 134 valence electrons. The predicted molar refractivity (Wildman–Crippen MR) is 103 cm³/mol. The van der Waals surface area contributed by atoms with E-state index < -0.39 is 0 Å². The zero-order valence-corrected chi connectivity index (χ0v) is 15.9. The van der Waals surface area contributed by atoms with E-state index in [9.17, 15) is 4.79 Å². The van der Waals surface area contributed by atoms with E-state index in [-0.39, 0.29) is 12.5 Å². The first kappa shape index (κ1) is 18.2. The molecule has 1 heterocycles. The summed E-state index contributed by atoms with van der Waals surface area (Å²) in [5, 5.41) is 8.16. The quantitative estimate of drug-likeness (QED) is 0.603. The van der Waals surface area contributed by atoms with Gasteiger partial charge in [0.05, 0.1) is 12.1 Å². The van der Waals surface area contributed by atoms with Gasteiger partial charge in [0, 0.05) is 17.5 Å². The Bertz CT molecular complexity index is 890. The van der Waals surface area contributed by atoms with Crippen LogP contribution in [-0.2, 0) is 6.54 Å². The van der Waals surface area contributed by atoms with E-state index in [0.29, 0.717) is 17.3 Å². The highest BCUT2D eigenvalue weighted by Crippen LogP contribution is 2.24. The van der Waals surface area contributed by atoms with Crippen LogP contribution in [0, 0.1) is 6.92 Å². The number of aromatic nitrogens is 2. The van der Waals surface area contributed by atoms with Gasteiger partial charge in [-0.3, -0.25) is 4.79 Å². The van der Waals surface area contributed by atoms with Gasteiger partial charge in [-0.25, -0.2) is 0 Å². The highest BCUT2D eigenvalue weighted by molar-refractivity contribution is 7.99. The highest BCUT2D eigenvalue weighted by Gasteiger charge is 2.18. The molecule has 0 fully saturated rings. The first-order valence-electron chi connectivity index (χ1n) is 8.45. The molecule has 0 saturated heterocycles. The first-order chi connectivity index (χ1) is 12.6. The minimum Gasteiger partial charge on any atom is -0.419 e. The second-order valence-electron chi connectivity index (χ2n) is 5.96. The molecule has 2 aromatic carbocycles. The first-order valence-corrected chi connectivity index (χ1v) is 9.43. The van der Waals surface area contributed by atoms with Crippen molar-refractivity contribution in [1.29, 1.82) is 0 Å². The molecule has 0 N–H and O–H groups in total. The van der Waals surface area contributed by atoms with Gasteiger partial charge in [0.15, 0.2) is 0 Å². The van der Waals surface area contributed by atoms with Crippen molar-refractivity contribution in [1.82, 2.24) is 15.1 Å². The minimum absolute atomic E-state index is 0.0587. The van der Waals surface area contributed by atoms with Crippen LogP contribution in [0.1, 0.15) is 28.7 Å². The molecule has 0 atom stereocenters. The maximum Gasteiger partial charge on any atom is 0.255 e. The van der Waals surface area contributed by atoms with E-state index in [4.69, 9.17) is 4.42 Å². The molecule has 5 nitrogen and oxygen atoms in total. The van der Waals surface area contributed by atoms with Gasteiger partial charge in [-0.2, -0.15) is 0 Å². The van der Waals surface area contributed by atoms with Gasteiger partial charge in [-0.05, 0) is 36.9 Å². The Morgan fingerprint density at radius 1 is 1.12 bits per heavy atom. The van der Waals surface area contributed by atoms with Crippen molar-refractivity contribution in [3.63, 3.8) is 0 Å². The topological polar surface area (TPSA) is 59.2 Å². The molecule has 1 amide bonds. The fraction of sp³-hybridized carbons (Fsp3) is 0.250. The number of amides is 1. The number of carbonyl (C=O) groups is 1. The largest absolute Gasteiger partial charge is 0.419 e. The van der Waals surface area contributed by atoms with E-state index in [1.807, 2.05) is 55.5 Å². The summed E-state index contributed by atoms with van der Waals surface area (Å²) < 4.78 is 5.72. The minimum atomic E-state index is -0.0587. The number of nitrogens with zero attached hydrogens (tertiary/aromatic N) is 3. The lowest BCUT2D eigenvalue weighted by atomic mass is 10.1. The van der Waals surface area contributed by atoms with Crippen LogP contribution < -0.4 is 0 Å². The molecular formula is C20H21N3O2S. The Balaban J connectivity index is 1.73. The predicted octanol–water partition coefficient (Wildman–Crippen LogP) is 4.43. The Kier molecular flexibility index (Phi) is 5.73. The summed E-state index contributed by atoms with van der Waals surface area (Å²) in [6.07, 6.45) is 0. The third kappa shape index (κ3) is 4.14. The summed E-state index contributed by atoms with van der Waals surface area (Å²) in [6, 6.07) is 15.5. The molecule has 0 unspecified atom stereocenters. The molecule has 3 rings (SSSR count). The van der Waals surface area contributed by atoms with Gasteiger partial charge >= 0.3 is 0 Å². The van der Waals surface area contributed by atoms with Gasteiger partial charge in [0.1, 0.15) is 0 Å². The molecule has 0 saturated carbocycles. The highest BCUT2D eigenvalue weighted by atomic mass is 32.2. The summed E-state index contributed by atoms with van der Waals surface area (Å²) in [6.45, 7) is 4.36. The maximum absolute atomic E-state index is 12.8. The lowest BCUT2D eigenvalue weighted by Crippen LogP contribution is -2.26. The smallest absolute Gasteiger partial charge is 0.255 e. The average molecular weight is 367 g/mol. The number of carbonyl (C=O) groups excluding carboxylic acids is 1. The zero-order valence-electron chi connectivity index (χ0n) is 15.1. The summed E-state index contributed by atoms with van der Waals surface area (Å²) in [5.41, 5.74) is 2.73. The van der Waals surface area contributed by atoms with Crippen molar-refractivity contribution in [2.45, 2.75) is 25.3 Å². The van der Waals surface area contributed by atoms with Crippen LogP contribution in [0.25, 0.3) is 11.5 Å². The van der Waals surface area contributed by atoms with Crippen molar-refractivity contribution >= 4 is 17.7 Å². The van der Waals surface area contributed by atoms with Crippen LogP contribution in [0.4, 0.5) is 0 Å². The second-order valence-corrected chi connectivity index (χ2v) is 7.26. The zero-order chi connectivity index (χ0) is 18.5. The summed E-state index contributed by atoms with van der Waals surface area (Å²) in [5.74, 6) is 1.73. The van der Waals surface area contributed by atoms with Crippen molar-refractivity contribution in [2.75, 3.05) is 12.8 Å². The van der Waals surface area contributed by atoms with Crippen LogP contribution in [0.2, 0.25) is 0 Å². The maximum atomic E-state index is 12.8.